The van der Waals surface area contributed by atoms with Crippen LogP contribution >= 0.6 is 11.6 Å². The average molecular weight is 479 g/mol. The van der Waals surface area contributed by atoms with Crippen LogP contribution in [0, 0.1) is 6.92 Å². The molecule has 31 heavy (non-hydrogen) atoms. The number of amides is 1. The third-order valence-corrected chi connectivity index (χ3v) is 6.50. The highest BCUT2D eigenvalue weighted by molar-refractivity contribution is 7.89. The number of carbonyl (C=O) groups is 2. The summed E-state index contributed by atoms with van der Waals surface area (Å²) < 4.78 is 69.7. The standard InChI is InChI=1S/C19H18ClF3N2O5S/c1-11-8-12(18(27)30-3)4-7-16(11)31(28,29)25(2)10-17(26)24-13-5-6-15(20)14(9-13)19(21,22)23/h4-9H,10H2,1-3H3,(H,24,26). The summed E-state index contributed by atoms with van der Waals surface area (Å²) in [5.74, 6) is -1.49. The van der Waals surface area contributed by atoms with E-state index >= 15 is 0 Å². The summed E-state index contributed by atoms with van der Waals surface area (Å²) in [7, 11) is -1.79. The first-order valence-electron chi connectivity index (χ1n) is 8.59. The van der Waals surface area contributed by atoms with Crippen LogP contribution in [0.2, 0.25) is 5.02 Å². The van der Waals surface area contributed by atoms with E-state index in [9.17, 15) is 31.2 Å². The second-order valence-corrected chi connectivity index (χ2v) is 8.89. The molecular weight excluding hydrogens is 461 g/mol. The van der Waals surface area contributed by atoms with Crippen molar-refractivity contribution in [3.63, 3.8) is 0 Å². The van der Waals surface area contributed by atoms with Crippen molar-refractivity contribution >= 4 is 39.2 Å². The van der Waals surface area contributed by atoms with Crippen molar-refractivity contribution < 1.29 is 35.9 Å². The fraction of sp³-hybridized carbons (Fsp3) is 0.263. The fourth-order valence-corrected chi connectivity index (χ4v) is 4.21. The normalized spacial score (nSPS) is 12.0. The van der Waals surface area contributed by atoms with Crippen molar-refractivity contribution in [3.8, 4) is 0 Å². The van der Waals surface area contributed by atoms with Gasteiger partial charge in [0.2, 0.25) is 15.9 Å². The van der Waals surface area contributed by atoms with Crippen molar-refractivity contribution in [2.75, 3.05) is 26.0 Å². The highest BCUT2D eigenvalue weighted by Gasteiger charge is 2.33. The number of halogens is 4. The van der Waals surface area contributed by atoms with Crippen molar-refractivity contribution in [1.29, 1.82) is 0 Å². The van der Waals surface area contributed by atoms with E-state index in [2.05, 4.69) is 10.1 Å². The molecule has 0 unspecified atom stereocenters. The van der Waals surface area contributed by atoms with Gasteiger partial charge in [0.15, 0.2) is 0 Å². The molecule has 0 heterocycles. The van der Waals surface area contributed by atoms with E-state index in [4.69, 9.17) is 11.6 Å². The van der Waals surface area contributed by atoms with Crippen LogP contribution in [-0.4, -0.2) is 45.3 Å². The Morgan fingerprint density at radius 1 is 1.16 bits per heavy atom. The van der Waals surface area contributed by atoms with Gasteiger partial charge < -0.3 is 10.1 Å². The van der Waals surface area contributed by atoms with Gasteiger partial charge >= 0.3 is 12.1 Å². The van der Waals surface area contributed by atoms with E-state index in [-0.39, 0.29) is 21.7 Å². The van der Waals surface area contributed by atoms with E-state index in [1.807, 2.05) is 0 Å². The number of hydrogen-bond acceptors (Lipinski definition) is 5. The molecule has 0 radical (unpaired) electrons. The van der Waals surface area contributed by atoms with Gasteiger partial charge in [0, 0.05) is 12.7 Å². The van der Waals surface area contributed by atoms with Gasteiger partial charge in [-0.2, -0.15) is 17.5 Å². The van der Waals surface area contributed by atoms with Gasteiger partial charge in [-0.1, -0.05) is 11.6 Å². The number of sulfonamides is 1. The maximum atomic E-state index is 12.9. The van der Waals surface area contributed by atoms with Crippen LogP contribution in [0.1, 0.15) is 21.5 Å². The molecule has 0 saturated carbocycles. The Hall–Kier alpha value is -2.63. The monoisotopic (exact) mass is 478 g/mol. The van der Waals surface area contributed by atoms with Crippen LogP contribution in [0.25, 0.3) is 0 Å². The number of hydrogen-bond donors (Lipinski definition) is 1. The van der Waals surface area contributed by atoms with E-state index in [0.29, 0.717) is 6.07 Å². The van der Waals surface area contributed by atoms with Gasteiger partial charge in [0.25, 0.3) is 0 Å². The van der Waals surface area contributed by atoms with Gasteiger partial charge in [-0.15, -0.1) is 0 Å². The Morgan fingerprint density at radius 2 is 1.81 bits per heavy atom. The number of alkyl halides is 3. The molecule has 2 aromatic rings. The molecule has 0 aliphatic carbocycles. The molecule has 1 amide bonds. The number of likely N-dealkylation sites (N-methyl/N-ethyl adjacent to an activating group) is 1. The van der Waals surface area contributed by atoms with E-state index < -0.39 is 45.2 Å². The van der Waals surface area contributed by atoms with Gasteiger partial charge in [-0.3, -0.25) is 4.79 Å². The topological polar surface area (TPSA) is 92.8 Å². The molecule has 0 aliphatic rings. The quantitative estimate of drug-likeness (QED) is 0.639. The first kappa shape index (κ1) is 24.6. The van der Waals surface area contributed by atoms with Crippen LogP contribution in [0.3, 0.4) is 0 Å². The van der Waals surface area contributed by atoms with Crippen LogP contribution < -0.4 is 5.32 Å². The molecule has 0 saturated heterocycles. The maximum absolute atomic E-state index is 12.9. The van der Waals surface area contributed by atoms with Crippen LogP contribution in [0.5, 0.6) is 0 Å². The molecule has 0 bridgehead atoms. The second-order valence-electron chi connectivity index (χ2n) is 6.47. The SMILES string of the molecule is COC(=O)c1ccc(S(=O)(=O)N(C)CC(=O)Nc2ccc(Cl)c(C(F)(F)F)c2)c(C)c1. The Morgan fingerprint density at radius 3 is 2.35 bits per heavy atom. The first-order valence-corrected chi connectivity index (χ1v) is 10.4. The summed E-state index contributed by atoms with van der Waals surface area (Å²) in [5, 5.41) is 1.69. The molecule has 7 nitrogen and oxygen atoms in total. The highest BCUT2D eigenvalue weighted by Crippen LogP contribution is 2.36. The summed E-state index contributed by atoms with van der Waals surface area (Å²) in [6.07, 6.45) is -4.72. The van der Waals surface area contributed by atoms with Gasteiger partial charge in [-0.25, -0.2) is 13.2 Å². The summed E-state index contributed by atoms with van der Waals surface area (Å²) in [5.41, 5.74) is -0.911. The summed E-state index contributed by atoms with van der Waals surface area (Å²) in [6.45, 7) is 0.810. The molecule has 1 N–H and O–H groups in total. The second kappa shape index (κ2) is 9.25. The van der Waals surface area contributed by atoms with Crippen molar-refractivity contribution in [1.82, 2.24) is 4.31 Å². The number of anilines is 1. The molecule has 0 aromatic heterocycles. The summed E-state index contributed by atoms with van der Waals surface area (Å²) in [6, 6.07) is 6.61. The minimum atomic E-state index is -4.72. The average Bonchev–Trinajstić information content (AvgIpc) is 2.67. The van der Waals surface area contributed by atoms with Crippen molar-refractivity contribution in [2.45, 2.75) is 18.0 Å². The summed E-state index contributed by atoms with van der Waals surface area (Å²) >= 11 is 5.53. The number of rotatable bonds is 6. The predicted octanol–water partition coefficient (Wildman–Crippen LogP) is 3.71. The molecule has 0 aliphatic heterocycles. The van der Waals surface area contributed by atoms with Crippen LogP contribution in [0.15, 0.2) is 41.3 Å². The van der Waals surface area contributed by atoms with Crippen LogP contribution in [-0.2, 0) is 25.7 Å². The lowest BCUT2D eigenvalue weighted by atomic mass is 10.1. The lowest BCUT2D eigenvalue weighted by molar-refractivity contribution is -0.137. The number of carbonyl (C=O) groups excluding carboxylic acids is 2. The van der Waals surface area contributed by atoms with Gasteiger partial charge in [0.1, 0.15) is 0 Å². The number of methoxy groups -OCH3 is 1. The van der Waals surface area contributed by atoms with Gasteiger partial charge in [0.05, 0.1) is 34.7 Å². The lowest BCUT2D eigenvalue weighted by Crippen LogP contribution is -2.35. The van der Waals surface area contributed by atoms with Crippen molar-refractivity contribution in [2.24, 2.45) is 0 Å². The number of ether oxygens (including phenoxy) is 1. The predicted molar refractivity (Wildman–Crippen MR) is 107 cm³/mol. The number of esters is 1. The zero-order valence-electron chi connectivity index (χ0n) is 16.6. The number of benzene rings is 2. The zero-order chi connectivity index (χ0) is 23.6. The minimum Gasteiger partial charge on any atom is -0.465 e. The van der Waals surface area contributed by atoms with E-state index in [1.165, 1.54) is 38.3 Å². The summed E-state index contributed by atoms with van der Waals surface area (Å²) in [4.78, 5) is 23.7. The molecule has 168 valence electrons. The molecular formula is C19H18ClF3N2O5S. The molecule has 2 aromatic carbocycles. The Balaban J connectivity index is 2.18. The largest absolute Gasteiger partial charge is 0.465 e. The number of nitrogens with one attached hydrogen (secondary N) is 1. The Kier molecular flexibility index (Phi) is 7.35. The Bertz CT molecular complexity index is 1120. The fourth-order valence-electron chi connectivity index (χ4n) is 2.66. The molecule has 0 atom stereocenters. The number of aryl methyl sites for hydroxylation is 1. The number of nitrogens with zero attached hydrogens (tertiary/aromatic N) is 1. The van der Waals surface area contributed by atoms with Gasteiger partial charge in [-0.05, 0) is 48.9 Å². The third-order valence-electron chi connectivity index (χ3n) is 4.21. The molecule has 0 fully saturated rings. The smallest absolute Gasteiger partial charge is 0.417 e. The maximum Gasteiger partial charge on any atom is 0.417 e. The van der Waals surface area contributed by atoms with Crippen molar-refractivity contribution in [3.05, 3.63) is 58.1 Å². The van der Waals surface area contributed by atoms with E-state index in [0.717, 1.165) is 17.4 Å². The minimum absolute atomic E-state index is 0.138. The lowest BCUT2D eigenvalue weighted by Gasteiger charge is -2.19. The highest BCUT2D eigenvalue weighted by atomic mass is 35.5. The Labute approximate surface area is 181 Å². The van der Waals surface area contributed by atoms with E-state index in [1.54, 1.807) is 0 Å². The zero-order valence-corrected chi connectivity index (χ0v) is 18.2. The molecule has 0 spiro atoms. The van der Waals surface area contributed by atoms with Crippen LogP contribution in [0.4, 0.5) is 18.9 Å². The third kappa shape index (κ3) is 5.75. The first-order chi connectivity index (χ1) is 14.3. The molecule has 12 heteroatoms. The molecule has 2 rings (SSSR count).